The predicted molar refractivity (Wildman–Crippen MR) is 66.6 cm³/mol. The van der Waals surface area contributed by atoms with Gasteiger partial charge in [0.05, 0.1) is 4.92 Å². The number of imide groups is 1. The van der Waals surface area contributed by atoms with Crippen molar-refractivity contribution >= 4 is 18.1 Å². The van der Waals surface area contributed by atoms with Crippen LogP contribution in [0, 0.1) is 10.1 Å². The van der Waals surface area contributed by atoms with Gasteiger partial charge in [0.25, 0.3) is 5.69 Å². The molecule has 3 amide bonds. The van der Waals surface area contributed by atoms with Crippen molar-refractivity contribution in [2.24, 2.45) is 0 Å². The van der Waals surface area contributed by atoms with E-state index in [1.54, 1.807) is 6.07 Å². The largest absolute Gasteiger partial charge is 0.332 e. The molecule has 0 heterocycles. The number of urea groups is 1. The lowest BCUT2D eigenvalue weighted by Gasteiger charge is -2.24. The highest BCUT2D eigenvalue weighted by molar-refractivity contribution is 5.85. The molecule has 2 rings (SSSR count). The monoisotopic (exact) mass is 263 g/mol. The van der Waals surface area contributed by atoms with Crippen LogP contribution in [0.2, 0.25) is 0 Å². The number of nitro groups is 1. The number of hydrogen-bond donors (Lipinski definition) is 2. The molecule has 0 saturated heterocycles. The number of nitro benzene ring substituents is 1. The molecule has 7 nitrogen and oxygen atoms in total. The Balaban J connectivity index is 2.16. The first-order valence-electron chi connectivity index (χ1n) is 5.72. The van der Waals surface area contributed by atoms with Gasteiger partial charge in [-0.3, -0.25) is 20.2 Å². The zero-order valence-electron chi connectivity index (χ0n) is 10.3. The van der Waals surface area contributed by atoms with Crippen molar-refractivity contribution in [2.45, 2.75) is 25.3 Å². The molecule has 1 unspecified atom stereocenters. The molecule has 0 saturated carbocycles. The Kier molecular flexibility index (Phi) is 3.20. The molecule has 0 radical (unpaired) electrons. The van der Waals surface area contributed by atoms with E-state index in [1.165, 1.54) is 12.1 Å². The fraction of sp³-hybridized carbons (Fsp3) is 0.333. The van der Waals surface area contributed by atoms with Crippen LogP contribution in [0.25, 0.3) is 0 Å². The van der Waals surface area contributed by atoms with Gasteiger partial charge >= 0.3 is 6.03 Å². The summed E-state index contributed by atoms with van der Waals surface area (Å²) in [4.78, 5) is 31.8. The number of carbonyl (C=O) groups excluding carboxylic acids is 2. The Morgan fingerprint density at radius 1 is 1.42 bits per heavy atom. The highest BCUT2D eigenvalue weighted by Gasteiger charge is 2.35. The summed E-state index contributed by atoms with van der Waals surface area (Å²) in [6, 6.07) is 4.12. The lowest BCUT2D eigenvalue weighted by Crippen LogP contribution is -2.50. The molecule has 0 bridgehead atoms. The second-order valence-electron chi connectivity index (χ2n) is 4.84. The van der Waals surface area contributed by atoms with Crippen LogP contribution in [0.4, 0.5) is 10.5 Å². The van der Waals surface area contributed by atoms with Crippen molar-refractivity contribution in [3.8, 4) is 0 Å². The van der Waals surface area contributed by atoms with E-state index in [1.807, 2.05) is 12.2 Å². The number of rotatable bonds is 3. The molecule has 1 atom stereocenters. The predicted octanol–water partition coefficient (Wildman–Crippen LogP) is 0.908. The maximum Gasteiger partial charge on any atom is 0.321 e. The molecule has 0 aliphatic heterocycles. The van der Waals surface area contributed by atoms with Gasteiger partial charge in [-0.25, -0.2) is 4.79 Å². The molecule has 1 aromatic carbocycles. The van der Waals surface area contributed by atoms with Gasteiger partial charge in [-0.2, -0.15) is 0 Å². The standard InChI is InChI=1S/C12H13N3O4/c1-12(14-11(17)13-7-16)5-8-2-3-10(15(18)19)4-9(8)6-12/h2-4,7H,5-6H2,1H3,(H2,13,14,16,17). The number of benzene rings is 1. The van der Waals surface area contributed by atoms with E-state index in [-0.39, 0.29) is 5.69 Å². The number of non-ortho nitro benzene ring substituents is 1. The van der Waals surface area contributed by atoms with Crippen LogP contribution in [0.3, 0.4) is 0 Å². The van der Waals surface area contributed by atoms with E-state index in [2.05, 4.69) is 5.32 Å². The summed E-state index contributed by atoms with van der Waals surface area (Å²) in [6.07, 6.45) is 1.38. The smallest absolute Gasteiger partial charge is 0.321 e. The van der Waals surface area contributed by atoms with Crippen molar-refractivity contribution in [1.82, 2.24) is 10.6 Å². The van der Waals surface area contributed by atoms with Crippen LogP contribution < -0.4 is 10.6 Å². The van der Waals surface area contributed by atoms with Gasteiger partial charge < -0.3 is 5.32 Å². The van der Waals surface area contributed by atoms with Gasteiger partial charge in [-0.1, -0.05) is 6.07 Å². The number of nitrogens with one attached hydrogen (secondary N) is 2. The summed E-state index contributed by atoms with van der Waals surface area (Å²) in [5.41, 5.74) is 1.33. The Bertz CT molecular complexity index is 558. The van der Waals surface area contributed by atoms with Crippen molar-refractivity contribution in [1.29, 1.82) is 0 Å². The normalized spacial score (nSPS) is 20.5. The summed E-state index contributed by atoms with van der Waals surface area (Å²) in [5.74, 6) is 0. The van der Waals surface area contributed by atoms with Gasteiger partial charge in [0.1, 0.15) is 0 Å². The molecule has 1 aromatic rings. The third kappa shape index (κ3) is 2.70. The highest BCUT2D eigenvalue weighted by Crippen LogP contribution is 2.32. The Hall–Kier alpha value is -2.44. The summed E-state index contributed by atoms with van der Waals surface area (Å²) in [7, 11) is 0. The molecule has 7 heteroatoms. The molecule has 1 aliphatic rings. The molecule has 19 heavy (non-hydrogen) atoms. The lowest BCUT2D eigenvalue weighted by molar-refractivity contribution is -0.384. The second-order valence-corrected chi connectivity index (χ2v) is 4.84. The quantitative estimate of drug-likeness (QED) is 0.480. The number of hydrogen-bond acceptors (Lipinski definition) is 4. The number of nitrogens with zero attached hydrogens (tertiary/aromatic N) is 1. The average Bonchev–Trinajstić information content (AvgIpc) is 2.63. The Labute approximate surface area is 109 Å². The fourth-order valence-corrected chi connectivity index (χ4v) is 2.42. The van der Waals surface area contributed by atoms with Gasteiger partial charge in [-0.05, 0) is 30.9 Å². The molecular weight excluding hydrogens is 250 g/mol. The van der Waals surface area contributed by atoms with E-state index in [9.17, 15) is 19.7 Å². The zero-order valence-corrected chi connectivity index (χ0v) is 10.3. The third-order valence-electron chi connectivity index (χ3n) is 3.17. The van der Waals surface area contributed by atoms with Crippen LogP contribution >= 0.6 is 0 Å². The summed E-state index contributed by atoms with van der Waals surface area (Å²) in [6.45, 7) is 1.84. The van der Waals surface area contributed by atoms with Gasteiger partial charge in [0.15, 0.2) is 0 Å². The minimum Gasteiger partial charge on any atom is -0.332 e. The van der Waals surface area contributed by atoms with Gasteiger partial charge in [0.2, 0.25) is 6.41 Å². The lowest BCUT2D eigenvalue weighted by atomic mass is 9.99. The van der Waals surface area contributed by atoms with Crippen molar-refractivity contribution in [2.75, 3.05) is 0 Å². The van der Waals surface area contributed by atoms with Crippen LogP contribution in [0.1, 0.15) is 18.1 Å². The third-order valence-corrected chi connectivity index (χ3v) is 3.17. The first-order valence-corrected chi connectivity index (χ1v) is 5.72. The SMILES string of the molecule is CC1(NC(=O)NC=O)Cc2ccc([N+](=O)[O-])cc2C1. The minimum atomic E-state index is -0.570. The second kappa shape index (κ2) is 4.68. The zero-order chi connectivity index (χ0) is 14.0. The maximum absolute atomic E-state index is 11.4. The summed E-state index contributed by atoms with van der Waals surface area (Å²) >= 11 is 0. The van der Waals surface area contributed by atoms with Crippen LogP contribution in [0.5, 0.6) is 0 Å². The minimum absolute atomic E-state index is 0.0420. The van der Waals surface area contributed by atoms with Crippen molar-refractivity contribution in [3.63, 3.8) is 0 Å². The molecule has 100 valence electrons. The summed E-state index contributed by atoms with van der Waals surface area (Å²) in [5, 5.41) is 15.4. The van der Waals surface area contributed by atoms with E-state index < -0.39 is 16.5 Å². The molecule has 0 aromatic heterocycles. The Morgan fingerprint density at radius 3 is 2.74 bits per heavy atom. The fourth-order valence-electron chi connectivity index (χ4n) is 2.42. The number of fused-ring (bicyclic) bond motifs is 1. The maximum atomic E-state index is 11.4. The first kappa shape index (κ1) is 13.0. The van der Waals surface area contributed by atoms with Crippen LogP contribution in [-0.4, -0.2) is 22.9 Å². The van der Waals surface area contributed by atoms with Gasteiger partial charge in [0, 0.05) is 17.7 Å². The van der Waals surface area contributed by atoms with Crippen molar-refractivity contribution in [3.05, 3.63) is 39.4 Å². The highest BCUT2D eigenvalue weighted by atomic mass is 16.6. The molecule has 1 aliphatic carbocycles. The molecule has 0 spiro atoms. The topological polar surface area (TPSA) is 101 Å². The molecule has 2 N–H and O–H groups in total. The summed E-state index contributed by atoms with van der Waals surface area (Å²) < 4.78 is 0. The average molecular weight is 263 g/mol. The van der Waals surface area contributed by atoms with Crippen LogP contribution in [-0.2, 0) is 17.6 Å². The Morgan fingerprint density at radius 2 is 2.11 bits per heavy atom. The number of carbonyl (C=O) groups is 2. The van der Waals surface area contributed by atoms with Gasteiger partial charge in [-0.15, -0.1) is 0 Å². The van der Waals surface area contributed by atoms with E-state index in [0.717, 1.165) is 11.1 Å². The first-order chi connectivity index (χ1) is 8.93. The van der Waals surface area contributed by atoms with Crippen molar-refractivity contribution < 1.29 is 14.5 Å². The molecule has 0 fully saturated rings. The number of amides is 3. The van der Waals surface area contributed by atoms with E-state index in [0.29, 0.717) is 19.3 Å². The van der Waals surface area contributed by atoms with E-state index >= 15 is 0 Å². The molecular formula is C12H13N3O4. The van der Waals surface area contributed by atoms with Crippen LogP contribution in [0.15, 0.2) is 18.2 Å². The van der Waals surface area contributed by atoms with E-state index in [4.69, 9.17) is 0 Å².